The van der Waals surface area contributed by atoms with E-state index < -0.39 is 0 Å². The molecular formula is C12H14NOP. The summed E-state index contributed by atoms with van der Waals surface area (Å²) >= 11 is 0. The van der Waals surface area contributed by atoms with Crippen LogP contribution in [0.5, 0.6) is 0 Å². The van der Waals surface area contributed by atoms with Crippen molar-refractivity contribution in [2.24, 2.45) is 0 Å². The average molecular weight is 219 g/mol. The lowest BCUT2D eigenvalue weighted by Crippen LogP contribution is -2.07. The van der Waals surface area contributed by atoms with E-state index in [1.54, 1.807) is 5.57 Å². The summed E-state index contributed by atoms with van der Waals surface area (Å²) in [4.78, 5) is 0. The van der Waals surface area contributed by atoms with Crippen molar-refractivity contribution in [3.8, 4) is 0 Å². The summed E-state index contributed by atoms with van der Waals surface area (Å²) in [5, 5.41) is 4.07. The molecule has 15 heavy (non-hydrogen) atoms. The molecule has 0 bridgehead atoms. The normalized spacial score (nSPS) is 24.0. The van der Waals surface area contributed by atoms with Gasteiger partial charge in [-0.1, -0.05) is 30.5 Å². The Bertz CT molecular complexity index is 470. The van der Waals surface area contributed by atoms with Crippen LogP contribution in [-0.4, -0.2) is 18.0 Å². The topological polar surface area (TPSA) is 26.0 Å². The third kappa shape index (κ3) is 1.39. The molecule has 0 saturated heterocycles. The van der Waals surface area contributed by atoms with Crippen LogP contribution in [0.3, 0.4) is 0 Å². The number of hydrogen-bond acceptors (Lipinski definition) is 2. The quantitative estimate of drug-likeness (QED) is 0.625. The molecule has 0 saturated carbocycles. The Morgan fingerprint density at radius 2 is 2.27 bits per heavy atom. The number of allylic oxidation sites excluding steroid dienone is 3. The van der Waals surface area contributed by atoms with Gasteiger partial charge in [0.25, 0.3) is 0 Å². The predicted molar refractivity (Wildman–Crippen MR) is 63.3 cm³/mol. The van der Waals surface area contributed by atoms with Crippen LogP contribution in [0, 0.1) is 6.92 Å². The predicted octanol–water partition coefficient (Wildman–Crippen LogP) is 3.32. The molecular weight excluding hydrogens is 205 g/mol. The molecule has 0 spiro atoms. The lowest BCUT2D eigenvalue weighted by molar-refractivity contribution is 0.404. The highest BCUT2D eigenvalue weighted by molar-refractivity contribution is 7.60. The monoisotopic (exact) mass is 219 g/mol. The van der Waals surface area contributed by atoms with E-state index in [9.17, 15) is 0 Å². The summed E-state index contributed by atoms with van der Waals surface area (Å²) < 4.78 is 5.44. The second-order valence-corrected chi connectivity index (χ2v) is 6.45. The van der Waals surface area contributed by atoms with Crippen molar-refractivity contribution >= 4 is 13.5 Å². The van der Waals surface area contributed by atoms with Crippen LogP contribution in [0.4, 0.5) is 0 Å². The second-order valence-electron chi connectivity index (χ2n) is 4.32. The van der Waals surface area contributed by atoms with E-state index >= 15 is 0 Å². The number of aromatic nitrogens is 1. The second kappa shape index (κ2) is 3.31. The fraction of sp³-hybridized carbons (Fsp3) is 0.417. The molecule has 1 aromatic heterocycles. The number of aryl methyl sites for hydroxylation is 1. The molecule has 1 unspecified atom stereocenters. The van der Waals surface area contributed by atoms with Gasteiger partial charge in [-0.2, -0.15) is 0 Å². The zero-order valence-corrected chi connectivity index (χ0v) is 9.97. The Morgan fingerprint density at radius 1 is 1.40 bits per heavy atom. The molecule has 0 aromatic carbocycles. The molecule has 2 aliphatic rings. The molecule has 78 valence electrons. The van der Waals surface area contributed by atoms with Crippen LogP contribution in [0.15, 0.2) is 22.0 Å². The van der Waals surface area contributed by atoms with Crippen LogP contribution in [-0.2, 0) is 6.42 Å². The maximum Gasteiger partial charge on any atom is 0.170 e. The van der Waals surface area contributed by atoms with Gasteiger partial charge in [-0.15, -0.1) is 0 Å². The fourth-order valence-electron chi connectivity index (χ4n) is 2.38. The van der Waals surface area contributed by atoms with Crippen molar-refractivity contribution in [1.29, 1.82) is 0 Å². The Balaban J connectivity index is 2.12. The molecule has 1 aliphatic heterocycles. The van der Waals surface area contributed by atoms with E-state index in [2.05, 4.69) is 23.7 Å². The van der Waals surface area contributed by atoms with E-state index in [4.69, 9.17) is 4.52 Å². The van der Waals surface area contributed by atoms with Gasteiger partial charge in [0, 0.05) is 11.1 Å². The van der Waals surface area contributed by atoms with E-state index in [0.717, 1.165) is 17.9 Å². The van der Waals surface area contributed by atoms with Gasteiger partial charge < -0.3 is 4.52 Å². The van der Waals surface area contributed by atoms with Crippen LogP contribution in [0.1, 0.15) is 23.4 Å². The molecule has 3 heteroatoms. The molecule has 0 fully saturated rings. The molecule has 0 radical (unpaired) electrons. The maximum absolute atomic E-state index is 5.44. The highest BCUT2D eigenvalue weighted by Crippen LogP contribution is 2.46. The highest BCUT2D eigenvalue weighted by Gasteiger charge is 2.25. The van der Waals surface area contributed by atoms with Gasteiger partial charge >= 0.3 is 0 Å². The minimum atomic E-state index is 0.0818. The first-order valence-electron chi connectivity index (χ1n) is 5.31. The first kappa shape index (κ1) is 9.35. The molecule has 1 aromatic rings. The molecule has 0 amide bonds. The Morgan fingerprint density at radius 3 is 3.13 bits per heavy atom. The Labute approximate surface area is 90.8 Å². The van der Waals surface area contributed by atoms with Gasteiger partial charge in [-0.05, 0) is 32.6 Å². The maximum atomic E-state index is 5.44. The summed E-state index contributed by atoms with van der Waals surface area (Å²) in [6.07, 6.45) is 5.80. The van der Waals surface area contributed by atoms with Crippen molar-refractivity contribution < 1.29 is 4.52 Å². The lowest BCUT2D eigenvalue weighted by Gasteiger charge is -2.23. The number of nitrogens with zero attached hydrogens (tertiary/aromatic N) is 1. The smallest absolute Gasteiger partial charge is 0.170 e. The van der Waals surface area contributed by atoms with E-state index in [1.165, 1.54) is 23.7 Å². The van der Waals surface area contributed by atoms with Crippen molar-refractivity contribution in [3.05, 3.63) is 34.5 Å². The zero-order chi connectivity index (χ0) is 10.4. The number of rotatable bonds is 0. The minimum absolute atomic E-state index is 0.0818. The molecule has 2 nitrogen and oxygen atoms in total. The van der Waals surface area contributed by atoms with E-state index in [1.807, 2.05) is 6.92 Å². The fourth-order valence-corrected chi connectivity index (χ4v) is 3.82. The zero-order valence-electron chi connectivity index (χ0n) is 9.08. The third-order valence-corrected chi connectivity index (χ3v) is 4.76. The summed E-state index contributed by atoms with van der Waals surface area (Å²) in [6, 6.07) is 0. The van der Waals surface area contributed by atoms with Crippen LogP contribution in [0.25, 0.3) is 5.57 Å². The Hall–Kier alpha value is -0.880. The van der Waals surface area contributed by atoms with E-state index in [0.29, 0.717) is 0 Å². The summed E-state index contributed by atoms with van der Waals surface area (Å²) in [5.74, 6) is 3.37. The van der Waals surface area contributed by atoms with Crippen LogP contribution in [0.2, 0.25) is 0 Å². The number of hydrogen-bond donors (Lipinski definition) is 0. The standard InChI is InChI=1S/C12H14NOP/c1-8-10-4-3-9-7-15(2)6-5-11(9)12(10)14-13-8/h5-6H,3-4,7H2,1-2H3. The first-order chi connectivity index (χ1) is 7.25. The SMILES string of the molecule is Cc1noc2c1CCC1=C2C=CP(C)C1. The summed E-state index contributed by atoms with van der Waals surface area (Å²) in [6.45, 7) is 4.36. The molecule has 0 N–H and O–H groups in total. The first-order valence-corrected chi connectivity index (χ1v) is 7.36. The van der Waals surface area contributed by atoms with Crippen molar-refractivity contribution in [3.63, 3.8) is 0 Å². The van der Waals surface area contributed by atoms with Gasteiger partial charge in [-0.25, -0.2) is 0 Å². The van der Waals surface area contributed by atoms with Gasteiger partial charge in [0.05, 0.1) is 5.69 Å². The molecule has 2 heterocycles. The average Bonchev–Trinajstić information content (AvgIpc) is 2.60. The van der Waals surface area contributed by atoms with Crippen molar-refractivity contribution in [1.82, 2.24) is 5.16 Å². The Kier molecular flexibility index (Phi) is 2.07. The van der Waals surface area contributed by atoms with Gasteiger partial charge in [0.1, 0.15) is 0 Å². The lowest BCUT2D eigenvalue weighted by atomic mass is 9.90. The van der Waals surface area contributed by atoms with Gasteiger partial charge in [0.15, 0.2) is 5.76 Å². The molecule has 1 atom stereocenters. The van der Waals surface area contributed by atoms with Crippen LogP contribution >= 0.6 is 7.92 Å². The van der Waals surface area contributed by atoms with Gasteiger partial charge in [-0.3, -0.25) is 0 Å². The largest absolute Gasteiger partial charge is 0.356 e. The number of fused-ring (bicyclic) bond motifs is 2. The molecule has 1 aliphatic carbocycles. The summed E-state index contributed by atoms with van der Waals surface area (Å²) in [5.41, 5.74) is 5.28. The van der Waals surface area contributed by atoms with Crippen molar-refractivity contribution in [2.75, 3.05) is 12.8 Å². The molecule has 3 rings (SSSR count). The highest BCUT2D eigenvalue weighted by atomic mass is 31.1. The minimum Gasteiger partial charge on any atom is -0.356 e. The van der Waals surface area contributed by atoms with Gasteiger partial charge in [0.2, 0.25) is 0 Å². The third-order valence-electron chi connectivity index (χ3n) is 3.22. The van der Waals surface area contributed by atoms with E-state index in [-0.39, 0.29) is 7.92 Å². The van der Waals surface area contributed by atoms with Crippen LogP contribution < -0.4 is 0 Å². The van der Waals surface area contributed by atoms with Crippen molar-refractivity contribution in [2.45, 2.75) is 19.8 Å². The summed E-state index contributed by atoms with van der Waals surface area (Å²) in [7, 11) is 0.0818.